The van der Waals surface area contributed by atoms with Gasteiger partial charge in [-0.15, -0.1) is 0 Å². The van der Waals surface area contributed by atoms with Gasteiger partial charge in [-0.1, -0.05) is 0 Å². The zero-order chi connectivity index (χ0) is 17.4. The Bertz CT molecular complexity index is 671. The van der Waals surface area contributed by atoms with Gasteiger partial charge in [0.2, 0.25) is 5.91 Å². The maximum absolute atomic E-state index is 12.6. The first-order valence-corrected chi connectivity index (χ1v) is 9.29. The summed E-state index contributed by atoms with van der Waals surface area (Å²) in [6, 6.07) is 0.181. The molecular formula is C18H26N4O3. The van der Waals surface area contributed by atoms with Crippen LogP contribution >= 0.6 is 0 Å². The van der Waals surface area contributed by atoms with Crippen LogP contribution in [0.15, 0.2) is 0 Å². The van der Waals surface area contributed by atoms with Crippen LogP contribution < -0.4 is 5.32 Å². The second kappa shape index (κ2) is 6.78. The van der Waals surface area contributed by atoms with Gasteiger partial charge in [-0.25, -0.2) is 0 Å². The van der Waals surface area contributed by atoms with Crippen LogP contribution in [0.5, 0.6) is 0 Å². The van der Waals surface area contributed by atoms with Crippen LogP contribution in [0.4, 0.5) is 0 Å². The van der Waals surface area contributed by atoms with Crippen molar-refractivity contribution in [1.82, 2.24) is 20.4 Å². The number of rotatable bonds is 4. The maximum atomic E-state index is 12.6. The Hall–Kier alpha value is -1.89. The minimum atomic E-state index is -0.0480. The number of aromatic nitrogens is 2. The number of hydrogen-bond donors (Lipinski definition) is 2. The van der Waals surface area contributed by atoms with Crippen LogP contribution in [0, 0.1) is 11.8 Å². The summed E-state index contributed by atoms with van der Waals surface area (Å²) in [5, 5.41) is 10.4. The number of hydrogen-bond acceptors (Lipinski definition) is 4. The van der Waals surface area contributed by atoms with Gasteiger partial charge in [0.05, 0.1) is 0 Å². The molecule has 0 spiro atoms. The van der Waals surface area contributed by atoms with Crippen molar-refractivity contribution in [3.63, 3.8) is 0 Å². The third kappa shape index (κ3) is 3.17. The largest absolute Gasteiger partial charge is 0.375 e. The summed E-state index contributed by atoms with van der Waals surface area (Å²) in [5.74, 6) is 1.06. The lowest BCUT2D eigenvalue weighted by atomic mass is 9.79. The third-order valence-electron chi connectivity index (χ3n) is 6.03. The Morgan fingerprint density at radius 2 is 2.12 bits per heavy atom. The summed E-state index contributed by atoms with van der Waals surface area (Å²) < 4.78 is 4.96. The molecule has 136 valence electrons. The van der Waals surface area contributed by atoms with Crippen molar-refractivity contribution >= 4 is 11.8 Å². The Morgan fingerprint density at radius 1 is 1.28 bits per heavy atom. The van der Waals surface area contributed by atoms with E-state index in [9.17, 15) is 9.59 Å². The molecule has 3 atom stereocenters. The summed E-state index contributed by atoms with van der Waals surface area (Å²) in [7, 11) is 1.55. The molecule has 1 aliphatic heterocycles. The lowest BCUT2D eigenvalue weighted by molar-refractivity contribution is -0.134. The van der Waals surface area contributed by atoms with Crippen LogP contribution in [0.25, 0.3) is 0 Å². The number of aromatic amines is 1. The van der Waals surface area contributed by atoms with E-state index in [-0.39, 0.29) is 24.5 Å². The highest BCUT2D eigenvalue weighted by Gasteiger charge is 2.39. The molecule has 0 aromatic carbocycles. The highest BCUT2D eigenvalue weighted by atomic mass is 16.5. The molecule has 0 radical (unpaired) electrons. The number of carbonyl (C=O) groups is 2. The molecule has 0 bridgehead atoms. The van der Waals surface area contributed by atoms with Crippen molar-refractivity contribution in [3.05, 3.63) is 17.0 Å². The van der Waals surface area contributed by atoms with Crippen LogP contribution in [0.2, 0.25) is 0 Å². The number of methoxy groups -OCH3 is 1. The molecule has 1 saturated heterocycles. The van der Waals surface area contributed by atoms with Crippen LogP contribution in [-0.2, 0) is 22.4 Å². The van der Waals surface area contributed by atoms with Crippen molar-refractivity contribution in [2.75, 3.05) is 26.8 Å². The number of nitrogens with one attached hydrogen (secondary N) is 2. The fourth-order valence-corrected chi connectivity index (χ4v) is 4.74. The molecule has 2 heterocycles. The van der Waals surface area contributed by atoms with E-state index < -0.39 is 0 Å². The van der Waals surface area contributed by atoms with Gasteiger partial charge in [0.15, 0.2) is 5.69 Å². The standard InChI is InChI=1S/C18H26N4O3/c1-25-10-16(23)22-8-11-5-6-13(7-12(11)9-22)19-18(24)17-14-3-2-4-15(14)20-21-17/h11-13H,2-10H2,1H3,(H,19,24)(H,20,21). The second-order valence-corrected chi connectivity index (χ2v) is 7.62. The summed E-state index contributed by atoms with van der Waals surface area (Å²) in [5.41, 5.74) is 2.80. The Morgan fingerprint density at radius 3 is 2.96 bits per heavy atom. The van der Waals surface area contributed by atoms with Gasteiger partial charge in [0.1, 0.15) is 6.61 Å². The molecule has 2 aliphatic carbocycles. The predicted octanol–water partition coefficient (Wildman–Crippen LogP) is 0.902. The molecule has 1 aromatic rings. The van der Waals surface area contributed by atoms with Gasteiger partial charge < -0.3 is 15.0 Å². The molecule has 2 N–H and O–H groups in total. The van der Waals surface area contributed by atoms with E-state index >= 15 is 0 Å². The summed E-state index contributed by atoms with van der Waals surface area (Å²) in [4.78, 5) is 26.6. The molecule has 1 aromatic heterocycles. The number of ether oxygens (including phenoxy) is 1. The first-order valence-electron chi connectivity index (χ1n) is 9.29. The fraction of sp³-hybridized carbons (Fsp3) is 0.722. The summed E-state index contributed by atoms with van der Waals surface area (Å²) in [6.07, 6.45) is 6.02. The molecule has 2 fully saturated rings. The zero-order valence-electron chi connectivity index (χ0n) is 14.7. The lowest BCUT2D eigenvalue weighted by Crippen LogP contribution is -2.41. The molecule has 3 aliphatic rings. The van der Waals surface area contributed by atoms with Crippen molar-refractivity contribution in [2.45, 2.75) is 44.6 Å². The van der Waals surface area contributed by atoms with Crippen molar-refractivity contribution in [3.8, 4) is 0 Å². The van der Waals surface area contributed by atoms with Crippen LogP contribution in [0.3, 0.4) is 0 Å². The molecule has 1 saturated carbocycles. The number of carbonyl (C=O) groups excluding carboxylic acids is 2. The fourth-order valence-electron chi connectivity index (χ4n) is 4.74. The van der Waals surface area contributed by atoms with Crippen molar-refractivity contribution in [1.29, 1.82) is 0 Å². The maximum Gasteiger partial charge on any atom is 0.272 e. The average Bonchev–Trinajstić information content (AvgIpc) is 3.29. The highest BCUT2D eigenvalue weighted by Crippen LogP contribution is 2.36. The van der Waals surface area contributed by atoms with E-state index in [2.05, 4.69) is 15.5 Å². The van der Waals surface area contributed by atoms with Gasteiger partial charge >= 0.3 is 0 Å². The predicted molar refractivity (Wildman–Crippen MR) is 91.2 cm³/mol. The number of nitrogens with zero attached hydrogens (tertiary/aromatic N) is 2. The van der Waals surface area contributed by atoms with E-state index in [4.69, 9.17) is 4.74 Å². The zero-order valence-corrected chi connectivity index (χ0v) is 14.7. The highest BCUT2D eigenvalue weighted by molar-refractivity contribution is 5.94. The Balaban J connectivity index is 1.34. The topological polar surface area (TPSA) is 87.3 Å². The molecular weight excluding hydrogens is 320 g/mol. The smallest absolute Gasteiger partial charge is 0.272 e. The van der Waals surface area contributed by atoms with Gasteiger partial charge in [0.25, 0.3) is 5.91 Å². The van der Waals surface area contributed by atoms with E-state index in [1.807, 2.05) is 4.90 Å². The minimum Gasteiger partial charge on any atom is -0.375 e. The van der Waals surface area contributed by atoms with Crippen LogP contribution in [0.1, 0.15) is 47.4 Å². The Labute approximate surface area is 147 Å². The average molecular weight is 346 g/mol. The normalized spacial score (nSPS) is 27.9. The second-order valence-electron chi connectivity index (χ2n) is 7.62. The molecule has 2 amide bonds. The summed E-state index contributed by atoms with van der Waals surface area (Å²) >= 11 is 0. The van der Waals surface area contributed by atoms with Gasteiger partial charge in [-0.2, -0.15) is 5.10 Å². The number of likely N-dealkylation sites (tertiary alicyclic amines) is 1. The molecule has 4 rings (SSSR count). The third-order valence-corrected chi connectivity index (χ3v) is 6.03. The molecule has 3 unspecified atom stereocenters. The van der Waals surface area contributed by atoms with Gasteiger partial charge in [-0.3, -0.25) is 14.7 Å². The molecule has 7 heteroatoms. The monoisotopic (exact) mass is 346 g/mol. The Kier molecular flexibility index (Phi) is 4.50. The number of fused-ring (bicyclic) bond motifs is 2. The first kappa shape index (κ1) is 16.6. The SMILES string of the molecule is COCC(=O)N1CC2CCC(NC(=O)c3n[nH]c4c3CCC4)CC2C1. The number of H-pyrrole nitrogens is 1. The number of aryl methyl sites for hydroxylation is 1. The lowest BCUT2D eigenvalue weighted by Gasteiger charge is -2.31. The molecule has 7 nitrogen and oxygen atoms in total. The van der Waals surface area contributed by atoms with Gasteiger partial charge in [-0.05, 0) is 50.4 Å². The van der Waals surface area contributed by atoms with E-state index in [0.29, 0.717) is 17.5 Å². The van der Waals surface area contributed by atoms with E-state index in [0.717, 1.165) is 62.9 Å². The van der Waals surface area contributed by atoms with E-state index in [1.54, 1.807) is 7.11 Å². The van der Waals surface area contributed by atoms with Gasteiger partial charge in [0, 0.05) is 37.5 Å². The quantitative estimate of drug-likeness (QED) is 0.848. The van der Waals surface area contributed by atoms with Crippen LogP contribution in [-0.4, -0.2) is 59.8 Å². The van der Waals surface area contributed by atoms with Crippen molar-refractivity contribution < 1.29 is 14.3 Å². The number of amides is 2. The minimum absolute atomic E-state index is 0.0480. The van der Waals surface area contributed by atoms with Crippen molar-refractivity contribution in [2.24, 2.45) is 11.8 Å². The first-order chi connectivity index (χ1) is 12.2. The van der Waals surface area contributed by atoms with E-state index in [1.165, 1.54) is 0 Å². The summed E-state index contributed by atoms with van der Waals surface area (Å²) in [6.45, 7) is 1.78. The molecule has 25 heavy (non-hydrogen) atoms.